The Bertz CT molecular complexity index is 980. The largest absolute Gasteiger partial charge is 0.340 e. The maximum atomic E-state index is 6.02. The average molecular weight is 331 g/mol. The van der Waals surface area contributed by atoms with Crippen molar-refractivity contribution in [3.05, 3.63) is 90.0 Å². The van der Waals surface area contributed by atoms with Crippen molar-refractivity contribution >= 4 is 33.9 Å². The fourth-order valence-corrected chi connectivity index (χ4v) is 2.89. The molecule has 0 fully saturated rings. The lowest BCUT2D eigenvalue weighted by atomic mass is 10.0. The lowest BCUT2D eigenvalue weighted by molar-refractivity contribution is 1.33. The molecule has 24 heavy (non-hydrogen) atoms. The molecule has 0 unspecified atom stereocenters. The summed E-state index contributed by atoms with van der Waals surface area (Å²) in [4.78, 5) is 4.84. The molecule has 1 aromatic heterocycles. The zero-order chi connectivity index (χ0) is 16.4. The van der Waals surface area contributed by atoms with Gasteiger partial charge in [0.05, 0.1) is 5.69 Å². The van der Waals surface area contributed by atoms with Crippen LogP contribution in [0.3, 0.4) is 0 Å². The summed E-state index contributed by atoms with van der Waals surface area (Å²) in [6, 6.07) is 28.2. The fraction of sp³-hybridized carbons (Fsp3) is 0. The zero-order valence-corrected chi connectivity index (χ0v) is 13.7. The molecule has 0 spiro atoms. The Labute approximate surface area is 145 Å². The summed E-state index contributed by atoms with van der Waals surface area (Å²) in [6.45, 7) is 0. The number of nitrogens with zero attached hydrogens (tertiary/aromatic N) is 1. The molecule has 0 aliphatic rings. The molecule has 4 rings (SSSR count). The number of nitrogens with one attached hydrogen (secondary N) is 1. The van der Waals surface area contributed by atoms with Gasteiger partial charge in [-0.2, -0.15) is 0 Å². The number of aromatic nitrogens is 1. The van der Waals surface area contributed by atoms with Gasteiger partial charge < -0.3 is 5.32 Å². The van der Waals surface area contributed by atoms with Crippen LogP contribution in [0.5, 0.6) is 0 Å². The number of pyridine rings is 1. The van der Waals surface area contributed by atoms with Gasteiger partial charge in [0.1, 0.15) is 5.82 Å². The Balaban J connectivity index is 1.86. The van der Waals surface area contributed by atoms with Crippen LogP contribution in [0.15, 0.2) is 84.9 Å². The predicted octanol–water partition coefficient (Wildman–Crippen LogP) is 6.30. The Morgan fingerprint density at radius 3 is 2.25 bits per heavy atom. The van der Waals surface area contributed by atoms with E-state index in [-0.39, 0.29) is 0 Å². The van der Waals surface area contributed by atoms with Gasteiger partial charge in [-0.15, -0.1) is 0 Å². The van der Waals surface area contributed by atoms with Crippen molar-refractivity contribution < 1.29 is 0 Å². The second kappa shape index (κ2) is 6.34. The number of anilines is 2. The van der Waals surface area contributed by atoms with Gasteiger partial charge in [-0.1, -0.05) is 66.2 Å². The Morgan fingerprint density at radius 2 is 1.46 bits per heavy atom. The summed E-state index contributed by atoms with van der Waals surface area (Å²) >= 11 is 6.02. The van der Waals surface area contributed by atoms with Crippen LogP contribution in [-0.4, -0.2) is 4.98 Å². The van der Waals surface area contributed by atoms with Crippen molar-refractivity contribution in [3.63, 3.8) is 0 Å². The first-order chi connectivity index (χ1) is 11.8. The SMILES string of the molecule is Clc1ccc(-c2nc(Nc3ccccc3)cc3ccccc23)cc1. The van der Waals surface area contributed by atoms with E-state index in [1.54, 1.807) is 0 Å². The van der Waals surface area contributed by atoms with Gasteiger partial charge in [0.2, 0.25) is 0 Å². The zero-order valence-electron chi connectivity index (χ0n) is 12.9. The number of rotatable bonds is 3. The minimum Gasteiger partial charge on any atom is -0.340 e. The maximum absolute atomic E-state index is 6.02. The first-order valence-electron chi connectivity index (χ1n) is 7.77. The van der Waals surface area contributed by atoms with Crippen LogP contribution in [-0.2, 0) is 0 Å². The standard InChI is InChI=1S/C21H15ClN2/c22-17-12-10-15(11-13-17)21-19-9-5-4-6-16(19)14-20(24-21)23-18-7-2-1-3-8-18/h1-14H,(H,23,24). The van der Waals surface area contributed by atoms with Gasteiger partial charge >= 0.3 is 0 Å². The first kappa shape index (κ1) is 14.7. The molecular weight excluding hydrogens is 316 g/mol. The molecular formula is C21H15ClN2. The molecule has 0 radical (unpaired) electrons. The average Bonchev–Trinajstić information content (AvgIpc) is 2.63. The Hall–Kier alpha value is -2.84. The molecule has 3 heteroatoms. The van der Waals surface area contributed by atoms with Gasteiger partial charge in [0, 0.05) is 21.7 Å². The van der Waals surface area contributed by atoms with Crippen LogP contribution in [0.2, 0.25) is 5.02 Å². The van der Waals surface area contributed by atoms with E-state index in [0.717, 1.165) is 38.6 Å². The number of hydrogen-bond acceptors (Lipinski definition) is 2. The summed E-state index contributed by atoms with van der Waals surface area (Å²) < 4.78 is 0. The summed E-state index contributed by atoms with van der Waals surface area (Å²) in [6.07, 6.45) is 0. The number of fused-ring (bicyclic) bond motifs is 1. The van der Waals surface area contributed by atoms with Crippen molar-refractivity contribution in [2.75, 3.05) is 5.32 Å². The van der Waals surface area contributed by atoms with Crippen LogP contribution < -0.4 is 5.32 Å². The molecule has 0 aliphatic carbocycles. The molecule has 1 N–H and O–H groups in total. The fourth-order valence-electron chi connectivity index (χ4n) is 2.76. The normalized spacial score (nSPS) is 10.7. The van der Waals surface area contributed by atoms with Crippen LogP contribution in [0.1, 0.15) is 0 Å². The van der Waals surface area contributed by atoms with E-state index in [2.05, 4.69) is 23.5 Å². The summed E-state index contributed by atoms with van der Waals surface area (Å²) in [5, 5.41) is 6.38. The number of hydrogen-bond donors (Lipinski definition) is 1. The third-order valence-corrected chi connectivity index (χ3v) is 4.16. The van der Waals surface area contributed by atoms with E-state index in [1.165, 1.54) is 0 Å². The van der Waals surface area contributed by atoms with E-state index >= 15 is 0 Å². The molecule has 0 aliphatic heterocycles. The van der Waals surface area contributed by atoms with Crippen LogP contribution in [0.25, 0.3) is 22.0 Å². The minimum atomic E-state index is 0.724. The molecule has 0 atom stereocenters. The highest BCUT2D eigenvalue weighted by Crippen LogP contribution is 2.30. The van der Waals surface area contributed by atoms with Crippen LogP contribution in [0, 0.1) is 0 Å². The van der Waals surface area contributed by atoms with Gasteiger partial charge in [0.15, 0.2) is 0 Å². The molecule has 2 nitrogen and oxygen atoms in total. The number of benzene rings is 3. The molecule has 0 amide bonds. The number of para-hydroxylation sites is 1. The van der Waals surface area contributed by atoms with E-state index in [1.807, 2.05) is 66.7 Å². The summed E-state index contributed by atoms with van der Waals surface area (Å²) in [5.41, 5.74) is 3.01. The highest BCUT2D eigenvalue weighted by molar-refractivity contribution is 6.30. The van der Waals surface area contributed by atoms with Crippen molar-refractivity contribution in [1.82, 2.24) is 4.98 Å². The van der Waals surface area contributed by atoms with Gasteiger partial charge in [-0.05, 0) is 35.7 Å². The van der Waals surface area contributed by atoms with Crippen molar-refractivity contribution in [2.45, 2.75) is 0 Å². The molecule has 0 saturated carbocycles. The second-order valence-electron chi connectivity index (χ2n) is 5.58. The summed E-state index contributed by atoms with van der Waals surface area (Å²) in [7, 11) is 0. The second-order valence-corrected chi connectivity index (χ2v) is 6.01. The predicted molar refractivity (Wildman–Crippen MR) is 102 cm³/mol. The van der Waals surface area contributed by atoms with Crippen LogP contribution >= 0.6 is 11.6 Å². The monoisotopic (exact) mass is 330 g/mol. The van der Waals surface area contributed by atoms with Gasteiger partial charge in [-0.3, -0.25) is 0 Å². The Morgan fingerprint density at radius 1 is 0.750 bits per heavy atom. The molecule has 3 aromatic carbocycles. The number of halogens is 1. The Kier molecular flexibility index (Phi) is 3.89. The highest BCUT2D eigenvalue weighted by atomic mass is 35.5. The lowest BCUT2D eigenvalue weighted by Crippen LogP contribution is -1.96. The van der Waals surface area contributed by atoms with Gasteiger partial charge in [0.25, 0.3) is 0 Å². The van der Waals surface area contributed by atoms with Crippen LogP contribution in [0.4, 0.5) is 11.5 Å². The van der Waals surface area contributed by atoms with E-state index in [9.17, 15) is 0 Å². The third kappa shape index (κ3) is 2.97. The first-order valence-corrected chi connectivity index (χ1v) is 8.15. The van der Waals surface area contributed by atoms with Gasteiger partial charge in [-0.25, -0.2) is 4.98 Å². The molecule has 116 valence electrons. The smallest absolute Gasteiger partial charge is 0.131 e. The molecule has 1 heterocycles. The van der Waals surface area contributed by atoms with E-state index in [4.69, 9.17) is 16.6 Å². The van der Waals surface area contributed by atoms with Crippen molar-refractivity contribution in [1.29, 1.82) is 0 Å². The van der Waals surface area contributed by atoms with E-state index < -0.39 is 0 Å². The lowest BCUT2D eigenvalue weighted by Gasteiger charge is -2.11. The van der Waals surface area contributed by atoms with Crippen molar-refractivity contribution in [3.8, 4) is 11.3 Å². The quantitative estimate of drug-likeness (QED) is 0.477. The molecule has 0 saturated heterocycles. The minimum absolute atomic E-state index is 0.724. The van der Waals surface area contributed by atoms with Crippen molar-refractivity contribution in [2.24, 2.45) is 0 Å². The maximum Gasteiger partial charge on any atom is 0.131 e. The summed E-state index contributed by atoms with van der Waals surface area (Å²) in [5.74, 6) is 0.824. The highest BCUT2D eigenvalue weighted by Gasteiger charge is 2.08. The topological polar surface area (TPSA) is 24.9 Å². The third-order valence-electron chi connectivity index (χ3n) is 3.90. The molecule has 0 bridgehead atoms. The molecule has 4 aromatic rings. The van der Waals surface area contributed by atoms with E-state index in [0.29, 0.717) is 0 Å².